The second kappa shape index (κ2) is 5.78. The van der Waals surface area contributed by atoms with Gasteiger partial charge in [0.1, 0.15) is 5.82 Å². The molecule has 0 spiro atoms. The first-order chi connectivity index (χ1) is 9.42. The van der Waals surface area contributed by atoms with E-state index in [1.807, 2.05) is 0 Å². The largest absolute Gasteiger partial charge is 0.373 e. The number of pyridine rings is 1. The lowest BCUT2D eigenvalue weighted by atomic mass is 10.2. The maximum absolute atomic E-state index is 12.1. The van der Waals surface area contributed by atoms with E-state index in [1.54, 1.807) is 26.1 Å². The van der Waals surface area contributed by atoms with Crippen molar-refractivity contribution in [1.29, 1.82) is 0 Å². The molecule has 7 heteroatoms. The number of sulfone groups is 1. The van der Waals surface area contributed by atoms with Crippen LogP contribution in [0, 0.1) is 6.92 Å². The zero-order valence-electron chi connectivity index (χ0n) is 11.6. The third kappa shape index (κ3) is 3.27. The van der Waals surface area contributed by atoms with Crippen molar-refractivity contribution in [2.45, 2.75) is 25.0 Å². The molecule has 0 aliphatic carbocycles. The lowest BCUT2D eigenvalue weighted by Crippen LogP contribution is -2.34. The van der Waals surface area contributed by atoms with E-state index in [0.29, 0.717) is 24.2 Å². The number of hydrogen-bond acceptors (Lipinski definition) is 5. The van der Waals surface area contributed by atoms with Crippen molar-refractivity contribution in [2.75, 3.05) is 24.7 Å². The van der Waals surface area contributed by atoms with Crippen LogP contribution < -0.4 is 10.6 Å². The molecule has 20 heavy (non-hydrogen) atoms. The van der Waals surface area contributed by atoms with Crippen LogP contribution in [-0.2, 0) is 9.84 Å². The fourth-order valence-corrected chi connectivity index (χ4v) is 4.09. The molecular weight excluding hydrogens is 278 g/mol. The van der Waals surface area contributed by atoms with Gasteiger partial charge in [-0.25, -0.2) is 13.4 Å². The molecule has 1 fully saturated rings. The Hall–Kier alpha value is -1.63. The molecule has 2 N–H and O–H groups in total. The Morgan fingerprint density at radius 3 is 2.80 bits per heavy atom. The van der Waals surface area contributed by atoms with E-state index >= 15 is 0 Å². The fraction of sp³-hybridized carbons (Fsp3) is 0.538. The third-order valence-corrected chi connectivity index (χ3v) is 5.70. The van der Waals surface area contributed by atoms with Crippen molar-refractivity contribution in [3.8, 4) is 0 Å². The lowest BCUT2D eigenvalue weighted by molar-refractivity contribution is 0.0953. The zero-order chi connectivity index (χ0) is 14.8. The molecular formula is C13H19N3O3S. The van der Waals surface area contributed by atoms with E-state index in [9.17, 15) is 13.2 Å². The van der Waals surface area contributed by atoms with Gasteiger partial charge in [-0.2, -0.15) is 0 Å². The lowest BCUT2D eigenvalue weighted by Gasteiger charge is -2.11. The van der Waals surface area contributed by atoms with Crippen molar-refractivity contribution in [3.63, 3.8) is 0 Å². The minimum Gasteiger partial charge on any atom is -0.373 e. The van der Waals surface area contributed by atoms with Crippen LogP contribution in [0.15, 0.2) is 12.1 Å². The molecule has 2 heterocycles. The molecule has 1 amide bonds. The molecule has 1 aromatic rings. The highest BCUT2D eigenvalue weighted by atomic mass is 32.2. The number of nitrogens with one attached hydrogen (secondary N) is 2. The molecule has 0 aromatic carbocycles. The molecule has 0 bridgehead atoms. The van der Waals surface area contributed by atoms with Gasteiger partial charge in [0.15, 0.2) is 9.84 Å². The molecule has 6 nitrogen and oxygen atoms in total. The van der Waals surface area contributed by atoms with Gasteiger partial charge in [-0.15, -0.1) is 0 Å². The Labute approximate surface area is 118 Å². The van der Waals surface area contributed by atoms with Crippen LogP contribution in [0.1, 0.15) is 28.9 Å². The predicted molar refractivity (Wildman–Crippen MR) is 77.7 cm³/mol. The van der Waals surface area contributed by atoms with E-state index < -0.39 is 15.1 Å². The van der Waals surface area contributed by atoms with Crippen LogP contribution in [0.3, 0.4) is 0 Å². The van der Waals surface area contributed by atoms with Gasteiger partial charge >= 0.3 is 0 Å². The maximum atomic E-state index is 12.1. The Morgan fingerprint density at radius 1 is 1.45 bits per heavy atom. The van der Waals surface area contributed by atoms with Crippen LogP contribution in [0.5, 0.6) is 0 Å². The van der Waals surface area contributed by atoms with E-state index in [1.165, 1.54) is 0 Å². The molecule has 1 saturated heterocycles. The summed E-state index contributed by atoms with van der Waals surface area (Å²) in [5.74, 6) is 0.573. The van der Waals surface area contributed by atoms with Crippen LogP contribution in [0.25, 0.3) is 0 Å². The summed E-state index contributed by atoms with van der Waals surface area (Å²) in [6.45, 7) is 1.98. The average molecular weight is 297 g/mol. The summed E-state index contributed by atoms with van der Waals surface area (Å²) in [4.78, 5) is 16.3. The Kier molecular flexibility index (Phi) is 4.27. The van der Waals surface area contributed by atoms with Gasteiger partial charge in [-0.3, -0.25) is 4.79 Å². The summed E-state index contributed by atoms with van der Waals surface area (Å²) in [7, 11) is -1.29. The SMILES string of the molecule is CNc1cc(C(=O)NCC2CCCS2(=O)=O)cc(C)n1. The van der Waals surface area contributed by atoms with E-state index in [2.05, 4.69) is 15.6 Å². The van der Waals surface area contributed by atoms with Crippen molar-refractivity contribution in [3.05, 3.63) is 23.4 Å². The number of aryl methyl sites for hydroxylation is 1. The highest BCUT2D eigenvalue weighted by molar-refractivity contribution is 7.92. The molecule has 1 atom stereocenters. The number of carbonyl (C=O) groups is 1. The summed E-state index contributed by atoms with van der Waals surface area (Å²) >= 11 is 0. The third-order valence-electron chi connectivity index (χ3n) is 3.42. The van der Waals surface area contributed by atoms with E-state index in [-0.39, 0.29) is 18.2 Å². The number of anilines is 1. The van der Waals surface area contributed by atoms with Crippen LogP contribution in [0.2, 0.25) is 0 Å². The van der Waals surface area contributed by atoms with Gasteiger partial charge in [-0.1, -0.05) is 0 Å². The minimum absolute atomic E-state index is 0.178. The number of rotatable bonds is 4. The molecule has 2 rings (SSSR count). The second-order valence-electron chi connectivity index (χ2n) is 4.97. The van der Waals surface area contributed by atoms with Crippen LogP contribution >= 0.6 is 0 Å². The van der Waals surface area contributed by atoms with Crippen LogP contribution in [-0.4, -0.2) is 43.9 Å². The molecule has 1 aliphatic heterocycles. The molecule has 110 valence electrons. The first-order valence-corrected chi connectivity index (χ1v) is 8.30. The minimum atomic E-state index is -3.03. The summed E-state index contributed by atoms with van der Waals surface area (Å²) in [6, 6.07) is 3.32. The predicted octanol–water partition coefficient (Wildman–Crippen LogP) is 0.739. The van der Waals surface area contributed by atoms with Gasteiger partial charge in [-0.05, 0) is 31.9 Å². The normalized spacial score (nSPS) is 20.6. The van der Waals surface area contributed by atoms with Crippen molar-refractivity contribution < 1.29 is 13.2 Å². The highest BCUT2D eigenvalue weighted by Crippen LogP contribution is 2.19. The molecule has 1 aromatic heterocycles. The smallest absolute Gasteiger partial charge is 0.251 e. The molecule has 0 radical (unpaired) electrons. The van der Waals surface area contributed by atoms with Gasteiger partial charge in [0.2, 0.25) is 0 Å². The maximum Gasteiger partial charge on any atom is 0.251 e. The van der Waals surface area contributed by atoms with Gasteiger partial charge in [0, 0.05) is 24.8 Å². The average Bonchev–Trinajstić information content (AvgIpc) is 2.74. The summed E-state index contributed by atoms with van der Waals surface area (Å²) in [5, 5.41) is 5.14. The summed E-state index contributed by atoms with van der Waals surface area (Å²) < 4.78 is 23.4. The molecule has 1 aliphatic rings. The number of hydrogen-bond donors (Lipinski definition) is 2. The van der Waals surface area contributed by atoms with Crippen molar-refractivity contribution >= 4 is 21.6 Å². The van der Waals surface area contributed by atoms with Gasteiger partial charge < -0.3 is 10.6 Å². The highest BCUT2D eigenvalue weighted by Gasteiger charge is 2.31. The fourth-order valence-electron chi connectivity index (χ4n) is 2.32. The summed E-state index contributed by atoms with van der Waals surface area (Å²) in [6.07, 6.45) is 1.31. The monoisotopic (exact) mass is 297 g/mol. The Morgan fingerprint density at radius 2 is 2.20 bits per heavy atom. The number of nitrogens with zero attached hydrogens (tertiary/aromatic N) is 1. The topological polar surface area (TPSA) is 88.2 Å². The zero-order valence-corrected chi connectivity index (χ0v) is 12.5. The van der Waals surface area contributed by atoms with E-state index in [0.717, 1.165) is 5.69 Å². The number of carbonyl (C=O) groups excluding carboxylic acids is 1. The molecule has 1 unspecified atom stereocenters. The quantitative estimate of drug-likeness (QED) is 0.855. The van der Waals surface area contributed by atoms with E-state index in [4.69, 9.17) is 0 Å². The second-order valence-corrected chi connectivity index (χ2v) is 7.37. The van der Waals surface area contributed by atoms with Gasteiger partial charge in [0.25, 0.3) is 5.91 Å². The number of aromatic nitrogens is 1. The summed E-state index contributed by atoms with van der Waals surface area (Å²) in [5.41, 5.74) is 1.22. The first kappa shape index (κ1) is 14.8. The standard InChI is InChI=1S/C13H19N3O3S/c1-9-6-10(7-12(14-2)16-9)13(17)15-8-11-4-3-5-20(11,18)19/h6-7,11H,3-5,8H2,1-2H3,(H,14,16)(H,15,17). The van der Waals surface area contributed by atoms with Crippen molar-refractivity contribution in [2.24, 2.45) is 0 Å². The van der Waals surface area contributed by atoms with Crippen molar-refractivity contribution in [1.82, 2.24) is 10.3 Å². The first-order valence-electron chi connectivity index (χ1n) is 6.58. The Bertz CT molecular complexity index is 613. The Balaban J connectivity index is 2.04. The molecule has 0 saturated carbocycles. The number of amides is 1. The van der Waals surface area contributed by atoms with Gasteiger partial charge in [0.05, 0.1) is 11.0 Å². The van der Waals surface area contributed by atoms with Crippen LogP contribution in [0.4, 0.5) is 5.82 Å².